The van der Waals surface area contributed by atoms with Gasteiger partial charge in [-0.15, -0.1) is 0 Å². The van der Waals surface area contributed by atoms with E-state index in [0.717, 1.165) is 20.8 Å². The van der Waals surface area contributed by atoms with Crippen LogP contribution in [0.3, 0.4) is 0 Å². The molecule has 1 amide bonds. The maximum atomic E-state index is 15.4. The number of phenols is 2. The predicted octanol–water partition coefficient (Wildman–Crippen LogP) is 8.10. The zero-order valence-corrected chi connectivity index (χ0v) is 27.0. The van der Waals surface area contributed by atoms with Gasteiger partial charge in [-0.25, -0.2) is 0 Å². The molecule has 0 radical (unpaired) electrons. The molecule has 0 aliphatic carbocycles. The first-order chi connectivity index (χ1) is 22.5. The lowest BCUT2D eigenvalue weighted by atomic mass is 9.72. The van der Waals surface area contributed by atoms with Gasteiger partial charge in [0.2, 0.25) is 11.2 Å². The predicted molar refractivity (Wildman–Crippen MR) is 163 cm³/mol. The molecule has 0 fully saturated rings. The summed E-state index contributed by atoms with van der Waals surface area (Å²) in [5.41, 5.74) is -9.81. The Bertz CT molecular complexity index is 1750. The van der Waals surface area contributed by atoms with Gasteiger partial charge < -0.3 is 26.6 Å². The molecule has 3 aromatic carbocycles. The number of nitrogens with one attached hydrogen (secondary N) is 2. The van der Waals surface area contributed by atoms with Crippen molar-refractivity contribution in [3.63, 3.8) is 0 Å². The lowest BCUT2D eigenvalue weighted by Crippen LogP contribution is -2.54. The molecule has 0 aromatic heterocycles. The highest BCUT2D eigenvalue weighted by Gasteiger charge is 2.72. The number of halogens is 10. The number of ketones is 1. The Hall–Kier alpha value is -4.54. The molecule has 0 unspecified atom stereocenters. The molecule has 3 rings (SSSR count). The van der Waals surface area contributed by atoms with E-state index in [1.165, 1.54) is 19.2 Å². The van der Waals surface area contributed by atoms with Gasteiger partial charge in [-0.2, -0.15) is 43.9 Å². The van der Waals surface area contributed by atoms with Crippen molar-refractivity contribution in [3.05, 3.63) is 82.9 Å². The summed E-state index contributed by atoms with van der Waals surface area (Å²) < 4.78 is 150. The molecule has 0 aliphatic heterocycles. The largest absolute Gasteiger partial charge is 0.506 e. The molecular formula is C33H33F10N3O4. The first-order valence-electron chi connectivity index (χ1n) is 14.6. The van der Waals surface area contributed by atoms with Crippen LogP contribution in [0.2, 0.25) is 0 Å². The number of amides is 1. The minimum absolute atomic E-state index is 0.0132. The average molecular weight is 726 g/mol. The van der Waals surface area contributed by atoms with E-state index in [9.17, 15) is 54.9 Å². The van der Waals surface area contributed by atoms with Crippen LogP contribution in [-0.2, 0) is 26.8 Å². The summed E-state index contributed by atoms with van der Waals surface area (Å²) in [7, 11) is 0. The molecular weight excluding hydrogens is 692 g/mol. The number of nitrogens with two attached hydrogens (primary N) is 1. The number of alkyl halides is 10. The Morgan fingerprint density at radius 1 is 0.640 bits per heavy atom. The Morgan fingerprint density at radius 2 is 1.08 bits per heavy atom. The smallest absolute Gasteiger partial charge is 0.411 e. The number of benzene rings is 3. The first kappa shape index (κ1) is 39.9. The van der Waals surface area contributed by atoms with Crippen LogP contribution >= 0.6 is 0 Å². The molecule has 274 valence electrons. The number of aromatic hydroxyl groups is 2. The summed E-state index contributed by atoms with van der Waals surface area (Å²) in [4.78, 5) is 25.1. The Labute approximate surface area is 279 Å². The van der Waals surface area contributed by atoms with Gasteiger partial charge in [-0.1, -0.05) is 51.1 Å². The Kier molecular flexibility index (Phi) is 10.3. The van der Waals surface area contributed by atoms with Crippen molar-refractivity contribution in [2.24, 2.45) is 11.1 Å². The van der Waals surface area contributed by atoms with Gasteiger partial charge in [-0.05, 0) is 55.3 Å². The zero-order chi connectivity index (χ0) is 38.5. The van der Waals surface area contributed by atoms with E-state index in [4.69, 9.17) is 5.73 Å². The van der Waals surface area contributed by atoms with Gasteiger partial charge in [0.1, 0.15) is 11.5 Å². The van der Waals surface area contributed by atoms with E-state index >= 15 is 8.78 Å². The molecule has 17 heteroatoms. The van der Waals surface area contributed by atoms with Crippen molar-refractivity contribution < 1.29 is 63.7 Å². The van der Waals surface area contributed by atoms with Crippen LogP contribution in [0.15, 0.2) is 60.7 Å². The minimum Gasteiger partial charge on any atom is -0.506 e. The van der Waals surface area contributed by atoms with E-state index < -0.39 is 97.4 Å². The van der Waals surface area contributed by atoms with Crippen molar-refractivity contribution in [1.29, 1.82) is 0 Å². The van der Waals surface area contributed by atoms with Gasteiger partial charge in [0.05, 0.1) is 11.4 Å². The number of rotatable bonds is 10. The SMILES string of the molecule is CC(C)(CN)Nc1cc(C(c2ccc(O)c(NC(=O)C(F)(F)c3cccc(C(F)(F)C(=O)C(C)(C)C)c3)c2)(C(F)(F)F)C(F)(F)F)ccc1O. The molecule has 0 saturated carbocycles. The first-order valence-corrected chi connectivity index (χ1v) is 14.6. The highest BCUT2D eigenvalue weighted by molar-refractivity contribution is 5.98. The summed E-state index contributed by atoms with van der Waals surface area (Å²) in [5, 5.41) is 24.4. The summed E-state index contributed by atoms with van der Waals surface area (Å²) in [6, 6.07) is 3.78. The standard InChI is InChI=1S/C33H33F10N3O4/c1-27(2,3)25(49)30(34,35)19-7-6-8-20(13-19)31(36,37)26(50)45-21-14-17(9-11-23(21)47)29(32(38,39)40,33(41,42)43)18-10-12-24(48)22(15-18)46-28(4,5)16-44/h6-15,46-48H,16,44H2,1-5H3,(H,45,50). The number of carbonyl (C=O) groups excluding carboxylic acids is 2. The van der Waals surface area contributed by atoms with Crippen LogP contribution in [0, 0.1) is 5.41 Å². The van der Waals surface area contributed by atoms with Crippen LogP contribution in [0.1, 0.15) is 56.9 Å². The molecule has 7 nitrogen and oxygen atoms in total. The fourth-order valence-electron chi connectivity index (χ4n) is 4.98. The summed E-state index contributed by atoms with van der Waals surface area (Å²) in [6.07, 6.45) is -12.4. The molecule has 0 aliphatic rings. The highest BCUT2D eigenvalue weighted by atomic mass is 19.4. The monoisotopic (exact) mass is 725 g/mol. The third-order valence-corrected chi connectivity index (χ3v) is 7.78. The quantitative estimate of drug-likeness (QED) is 0.106. The number of hydrogen-bond donors (Lipinski definition) is 5. The molecule has 6 N–H and O–H groups in total. The van der Waals surface area contributed by atoms with Crippen LogP contribution in [0.4, 0.5) is 55.3 Å². The normalized spacial score (nSPS) is 13.6. The molecule has 3 aromatic rings. The van der Waals surface area contributed by atoms with Gasteiger partial charge in [0.15, 0.2) is 0 Å². The number of Topliss-reactive ketones (excluding diaryl/α,β-unsaturated/α-hetero) is 1. The van der Waals surface area contributed by atoms with Crippen molar-refractivity contribution >= 4 is 23.1 Å². The third kappa shape index (κ3) is 7.32. The molecule has 0 spiro atoms. The summed E-state index contributed by atoms with van der Waals surface area (Å²) >= 11 is 0. The van der Waals surface area contributed by atoms with Crippen LogP contribution in [0.5, 0.6) is 11.5 Å². The Morgan fingerprint density at radius 3 is 1.52 bits per heavy atom. The van der Waals surface area contributed by atoms with Crippen molar-refractivity contribution in [3.8, 4) is 11.5 Å². The van der Waals surface area contributed by atoms with Gasteiger partial charge in [-0.3, -0.25) is 9.59 Å². The highest BCUT2D eigenvalue weighted by Crippen LogP contribution is 2.57. The second-order valence-corrected chi connectivity index (χ2v) is 13.2. The maximum absolute atomic E-state index is 15.4. The molecule has 0 bridgehead atoms. The van der Waals surface area contributed by atoms with Crippen LogP contribution in [-0.4, -0.2) is 46.3 Å². The molecule has 0 saturated heterocycles. The number of anilines is 2. The molecule has 50 heavy (non-hydrogen) atoms. The lowest BCUT2D eigenvalue weighted by molar-refractivity contribution is -0.288. The van der Waals surface area contributed by atoms with Gasteiger partial charge in [0, 0.05) is 28.6 Å². The second kappa shape index (κ2) is 13.0. The zero-order valence-electron chi connectivity index (χ0n) is 27.0. The van der Waals surface area contributed by atoms with E-state index in [1.54, 1.807) is 0 Å². The van der Waals surface area contributed by atoms with Crippen LogP contribution < -0.4 is 16.4 Å². The van der Waals surface area contributed by atoms with E-state index in [-0.39, 0.29) is 24.7 Å². The number of hydrogen-bond acceptors (Lipinski definition) is 6. The fraction of sp³-hybridized carbons (Fsp3) is 0.394. The van der Waals surface area contributed by atoms with E-state index in [2.05, 4.69) is 5.32 Å². The van der Waals surface area contributed by atoms with Crippen molar-refractivity contribution in [2.75, 3.05) is 17.2 Å². The lowest BCUT2D eigenvalue weighted by Gasteiger charge is -2.39. The summed E-state index contributed by atoms with van der Waals surface area (Å²) in [6.45, 7) is 6.18. The fourth-order valence-corrected chi connectivity index (χ4v) is 4.98. The average Bonchev–Trinajstić information content (AvgIpc) is 2.98. The topological polar surface area (TPSA) is 125 Å². The maximum Gasteiger partial charge on any atom is 0.411 e. The van der Waals surface area contributed by atoms with E-state index in [1.807, 2.05) is 0 Å². The number of carbonyl (C=O) groups is 2. The summed E-state index contributed by atoms with van der Waals surface area (Å²) in [5.74, 6) is -15.1. The molecule has 0 atom stereocenters. The van der Waals surface area contributed by atoms with E-state index in [0.29, 0.717) is 42.5 Å². The molecule has 0 heterocycles. The minimum atomic E-state index is -6.22. The van der Waals surface area contributed by atoms with Crippen molar-refractivity contribution in [2.45, 2.75) is 69.8 Å². The van der Waals surface area contributed by atoms with Crippen LogP contribution in [0.25, 0.3) is 0 Å². The second-order valence-electron chi connectivity index (χ2n) is 13.2. The van der Waals surface area contributed by atoms with Crippen molar-refractivity contribution in [1.82, 2.24) is 0 Å². The van der Waals surface area contributed by atoms with Gasteiger partial charge in [0.25, 0.3) is 5.91 Å². The third-order valence-electron chi connectivity index (χ3n) is 7.78. The van der Waals surface area contributed by atoms with Gasteiger partial charge >= 0.3 is 24.2 Å². The Balaban J connectivity index is 2.18. The number of phenolic OH excluding ortho intramolecular Hbond substituents is 2.